The maximum atomic E-state index is 13.1. The van der Waals surface area contributed by atoms with Gasteiger partial charge in [-0.2, -0.15) is 0 Å². The van der Waals surface area contributed by atoms with Crippen LogP contribution >= 0.6 is 0 Å². The second kappa shape index (κ2) is 10.2. The third-order valence-electron chi connectivity index (χ3n) is 3.80. The van der Waals surface area contributed by atoms with E-state index >= 15 is 0 Å². The molecule has 0 radical (unpaired) electrons. The van der Waals surface area contributed by atoms with Crippen molar-refractivity contribution in [3.05, 3.63) is 71.0 Å². The van der Waals surface area contributed by atoms with Crippen molar-refractivity contribution in [2.75, 3.05) is 26.7 Å². The zero-order valence-electron chi connectivity index (χ0n) is 15.2. The average Bonchev–Trinajstić information content (AvgIpc) is 2.63. The lowest BCUT2D eigenvalue weighted by Crippen LogP contribution is -2.42. The van der Waals surface area contributed by atoms with Gasteiger partial charge >= 0.3 is 0 Å². The Kier molecular flexibility index (Phi) is 7.61. The SMILES string of the molecule is CN=C(NCCNC(=O)c1cccc(C)c1)NCCc1cccc(F)c1. The van der Waals surface area contributed by atoms with Crippen LogP contribution < -0.4 is 16.0 Å². The van der Waals surface area contributed by atoms with Gasteiger partial charge in [0.2, 0.25) is 0 Å². The molecular weight excluding hydrogens is 331 g/mol. The average molecular weight is 356 g/mol. The number of halogens is 1. The summed E-state index contributed by atoms with van der Waals surface area (Å²) in [6, 6.07) is 14.0. The number of hydrogen-bond acceptors (Lipinski definition) is 2. The quantitative estimate of drug-likeness (QED) is 0.405. The highest BCUT2D eigenvalue weighted by Crippen LogP contribution is 2.04. The number of aryl methyl sites for hydroxylation is 1. The predicted molar refractivity (Wildman–Crippen MR) is 103 cm³/mol. The summed E-state index contributed by atoms with van der Waals surface area (Å²) in [6.07, 6.45) is 0.697. The van der Waals surface area contributed by atoms with Crippen molar-refractivity contribution < 1.29 is 9.18 Å². The molecule has 3 N–H and O–H groups in total. The van der Waals surface area contributed by atoms with Crippen LogP contribution in [-0.4, -0.2) is 38.5 Å². The van der Waals surface area contributed by atoms with Crippen molar-refractivity contribution in [3.8, 4) is 0 Å². The van der Waals surface area contributed by atoms with Gasteiger partial charge in [-0.05, 0) is 43.2 Å². The summed E-state index contributed by atoms with van der Waals surface area (Å²) in [5.74, 6) is 0.324. The zero-order valence-corrected chi connectivity index (χ0v) is 15.2. The Labute approximate surface area is 153 Å². The van der Waals surface area contributed by atoms with E-state index < -0.39 is 0 Å². The highest BCUT2D eigenvalue weighted by atomic mass is 19.1. The summed E-state index contributed by atoms with van der Waals surface area (Å²) < 4.78 is 13.1. The molecule has 0 aliphatic carbocycles. The maximum absolute atomic E-state index is 13.1. The third-order valence-corrected chi connectivity index (χ3v) is 3.80. The number of amides is 1. The molecule has 0 atom stereocenters. The van der Waals surface area contributed by atoms with Gasteiger partial charge in [0.05, 0.1) is 0 Å². The topological polar surface area (TPSA) is 65.5 Å². The molecule has 0 saturated heterocycles. The monoisotopic (exact) mass is 356 g/mol. The molecule has 5 nitrogen and oxygen atoms in total. The summed E-state index contributed by atoms with van der Waals surface area (Å²) in [4.78, 5) is 16.2. The fraction of sp³-hybridized carbons (Fsp3) is 0.300. The first-order chi connectivity index (χ1) is 12.6. The number of nitrogens with one attached hydrogen (secondary N) is 3. The molecule has 2 aromatic rings. The summed E-state index contributed by atoms with van der Waals surface area (Å²) in [5, 5.41) is 9.17. The number of benzene rings is 2. The van der Waals surface area contributed by atoms with Gasteiger partial charge in [-0.25, -0.2) is 4.39 Å². The molecule has 26 heavy (non-hydrogen) atoms. The van der Waals surface area contributed by atoms with E-state index in [0.717, 1.165) is 11.1 Å². The van der Waals surface area contributed by atoms with Crippen molar-refractivity contribution in [2.45, 2.75) is 13.3 Å². The molecule has 0 unspecified atom stereocenters. The highest BCUT2D eigenvalue weighted by molar-refractivity contribution is 5.94. The van der Waals surface area contributed by atoms with Crippen molar-refractivity contribution in [2.24, 2.45) is 4.99 Å². The minimum Gasteiger partial charge on any atom is -0.356 e. The zero-order chi connectivity index (χ0) is 18.8. The number of aliphatic imine (C=N–C) groups is 1. The standard InChI is InChI=1S/C20H25FN4O/c1-15-5-3-7-17(13-15)19(26)23-11-12-25-20(22-2)24-10-9-16-6-4-8-18(21)14-16/h3-8,13-14H,9-12H2,1-2H3,(H,23,26)(H2,22,24,25). The van der Waals surface area contributed by atoms with Gasteiger partial charge < -0.3 is 16.0 Å². The molecule has 0 aliphatic rings. The summed E-state index contributed by atoms with van der Waals surface area (Å²) in [6.45, 7) is 3.63. The Bertz CT molecular complexity index is 761. The van der Waals surface area contributed by atoms with Gasteiger partial charge in [0.25, 0.3) is 5.91 Å². The van der Waals surface area contributed by atoms with E-state index in [2.05, 4.69) is 20.9 Å². The van der Waals surface area contributed by atoms with Crippen LogP contribution in [0.1, 0.15) is 21.5 Å². The number of guanidine groups is 1. The van der Waals surface area contributed by atoms with Crippen LogP contribution in [0.25, 0.3) is 0 Å². The first kappa shape index (κ1) is 19.4. The Morgan fingerprint density at radius 1 is 1.00 bits per heavy atom. The molecule has 0 saturated carbocycles. The van der Waals surface area contributed by atoms with E-state index in [9.17, 15) is 9.18 Å². The Balaban J connectivity index is 1.66. The van der Waals surface area contributed by atoms with Gasteiger partial charge in [0, 0.05) is 32.2 Å². The van der Waals surface area contributed by atoms with Gasteiger partial charge in [0.15, 0.2) is 5.96 Å². The van der Waals surface area contributed by atoms with Crippen molar-refractivity contribution in [1.29, 1.82) is 0 Å². The Hall–Kier alpha value is -2.89. The van der Waals surface area contributed by atoms with Gasteiger partial charge in [-0.1, -0.05) is 29.8 Å². The number of rotatable bonds is 7. The number of nitrogens with zero attached hydrogens (tertiary/aromatic N) is 1. The smallest absolute Gasteiger partial charge is 0.251 e. The predicted octanol–water partition coefficient (Wildman–Crippen LogP) is 2.27. The Morgan fingerprint density at radius 2 is 1.73 bits per heavy atom. The molecule has 0 aliphatic heterocycles. The molecule has 2 rings (SSSR count). The molecule has 138 valence electrons. The fourth-order valence-electron chi connectivity index (χ4n) is 2.48. The van der Waals surface area contributed by atoms with Crippen LogP contribution in [0.2, 0.25) is 0 Å². The minimum absolute atomic E-state index is 0.0930. The largest absolute Gasteiger partial charge is 0.356 e. The fourth-order valence-corrected chi connectivity index (χ4v) is 2.48. The van der Waals surface area contributed by atoms with E-state index in [0.29, 0.717) is 37.6 Å². The van der Waals surface area contributed by atoms with Crippen molar-refractivity contribution >= 4 is 11.9 Å². The second-order valence-corrected chi connectivity index (χ2v) is 5.93. The summed E-state index contributed by atoms with van der Waals surface area (Å²) >= 11 is 0. The van der Waals surface area contributed by atoms with Gasteiger partial charge in [0.1, 0.15) is 5.82 Å². The third kappa shape index (κ3) is 6.55. The maximum Gasteiger partial charge on any atom is 0.251 e. The minimum atomic E-state index is -0.227. The van der Waals surface area contributed by atoms with Crippen LogP contribution in [-0.2, 0) is 6.42 Å². The molecular formula is C20H25FN4O. The van der Waals surface area contributed by atoms with E-state index in [1.165, 1.54) is 12.1 Å². The van der Waals surface area contributed by atoms with Gasteiger partial charge in [-0.3, -0.25) is 9.79 Å². The number of carbonyl (C=O) groups excluding carboxylic acids is 1. The normalized spacial score (nSPS) is 11.1. The van der Waals surface area contributed by atoms with E-state index in [1.807, 2.05) is 31.2 Å². The number of hydrogen-bond donors (Lipinski definition) is 3. The van der Waals surface area contributed by atoms with E-state index in [1.54, 1.807) is 19.2 Å². The van der Waals surface area contributed by atoms with Gasteiger partial charge in [-0.15, -0.1) is 0 Å². The van der Waals surface area contributed by atoms with Crippen molar-refractivity contribution in [3.63, 3.8) is 0 Å². The first-order valence-electron chi connectivity index (χ1n) is 8.62. The van der Waals surface area contributed by atoms with E-state index in [-0.39, 0.29) is 11.7 Å². The molecule has 1 amide bonds. The van der Waals surface area contributed by atoms with E-state index in [4.69, 9.17) is 0 Å². The molecule has 6 heteroatoms. The lowest BCUT2D eigenvalue weighted by molar-refractivity contribution is 0.0954. The van der Waals surface area contributed by atoms with Crippen LogP contribution in [0, 0.1) is 12.7 Å². The molecule has 0 heterocycles. The van der Waals surface area contributed by atoms with Crippen LogP contribution in [0.5, 0.6) is 0 Å². The first-order valence-corrected chi connectivity index (χ1v) is 8.62. The van der Waals surface area contributed by atoms with Crippen LogP contribution in [0.3, 0.4) is 0 Å². The molecule has 0 bridgehead atoms. The lowest BCUT2D eigenvalue weighted by Gasteiger charge is -2.12. The molecule has 0 spiro atoms. The van der Waals surface area contributed by atoms with Crippen LogP contribution in [0.4, 0.5) is 4.39 Å². The Morgan fingerprint density at radius 3 is 2.46 bits per heavy atom. The van der Waals surface area contributed by atoms with Crippen molar-refractivity contribution in [1.82, 2.24) is 16.0 Å². The second-order valence-electron chi connectivity index (χ2n) is 5.93. The molecule has 0 aromatic heterocycles. The lowest BCUT2D eigenvalue weighted by atomic mass is 10.1. The number of carbonyl (C=O) groups is 1. The van der Waals surface area contributed by atoms with Crippen LogP contribution in [0.15, 0.2) is 53.5 Å². The molecule has 0 fully saturated rings. The summed E-state index contributed by atoms with van der Waals surface area (Å²) in [7, 11) is 1.68. The molecule has 2 aromatic carbocycles. The highest BCUT2D eigenvalue weighted by Gasteiger charge is 2.04. The summed E-state index contributed by atoms with van der Waals surface area (Å²) in [5.41, 5.74) is 2.64.